The molecule has 0 saturated carbocycles. The number of ether oxygens (including phenoxy) is 1. The van der Waals surface area contributed by atoms with Gasteiger partial charge in [-0.05, 0) is 24.6 Å². The summed E-state index contributed by atoms with van der Waals surface area (Å²) in [7, 11) is 0. The van der Waals surface area contributed by atoms with E-state index in [1.54, 1.807) is 0 Å². The summed E-state index contributed by atoms with van der Waals surface area (Å²) in [5.41, 5.74) is 6.47. The first-order valence-electron chi connectivity index (χ1n) is 5.01. The molecule has 0 aliphatic heterocycles. The highest BCUT2D eigenvalue weighted by Gasteiger charge is 2.02. The number of aromatic nitrogens is 2. The molecule has 0 unspecified atom stereocenters. The Kier molecular flexibility index (Phi) is 3.05. The Hall–Kier alpha value is -2.04. The van der Waals surface area contributed by atoms with Gasteiger partial charge in [-0.25, -0.2) is 0 Å². The number of hydrogen-bond acceptors (Lipinski definition) is 5. The minimum absolute atomic E-state index is 0.0885. The van der Waals surface area contributed by atoms with Crippen LogP contribution in [0, 0.1) is 6.92 Å². The van der Waals surface area contributed by atoms with Gasteiger partial charge in [-0.3, -0.25) is 0 Å². The van der Waals surface area contributed by atoms with Crippen LogP contribution in [0.4, 0.5) is 6.01 Å². The second-order valence-corrected chi connectivity index (χ2v) is 3.45. The summed E-state index contributed by atoms with van der Waals surface area (Å²) in [5.74, 6) is 1.33. The fraction of sp³-hybridized carbons (Fsp3) is 0.273. The number of nitrogens with zero attached hydrogens (tertiary/aromatic N) is 2. The van der Waals surface area contributed by atoms with Gasteiger partial charge < -0.3 is 14.9 Å². The monoisotopic (exact) mass is 219 g/mol. The molecule has 1 aromatic carbocycles. The van der Waals surface area contributed by atoms with Crippen molar-refractivity contribution in [2.24, 2.45) is 0 Å². The Morgan fingerprint density at radius 1 is 1.38 bits per heavy atom. The smallest absolute Gasteiger partial charge is 0.312 e. The minimum atomic E-state index is 0.0885. The van der Waals surface area contributed by atoms with Crippen LogP contribution in [-0.4, -0.2) is 16.8 Å². The maximum absolute atomic E-state index is 5.53. The van der Waals surface area contributed by atoms with E-state index in [-0.39, 0.29) is 6.01 Å². The van der Waals surface area contributed by atoms with Crippen molar-refractivity contribution in [3.05, 3.63) is 35.7 Å². The summed E-state index contributed by atoms with van der Waals surface area (Å²) in [6.07, 6.45) is 0.554. The largest absolute Gasteiger partial charge is 0.493 e. The van der Waals surface area contributed by atoms with Crippen LogP contribution in [0.2, 0.25) is 0 Å². The molecule has 0 atom stereocenters. The Bertz CT molecular complexity index is 468. The molecule has 1 heterocycles. The van der Waals surface area contributed by atoms with Crippen LogP contribution < -0.4 is 10.5 Å². The van der Waals surface area contributed by atoms with Gasteiger partial charge in [0.05, 0.1) is 13.0 Å². The molecular formula is C11H13N3O2. The lowest BCUT2D eigenvalue weighted by molar-refractivity contribution is 0.307. The average molecular weight is 219 g/mol. The predicted octanol–water partition coefficient (Wildman–Crippen LogP) is 1.58. The Balaban J connectivity index is 1.84. The van der Waals surface area contributed by atoms with Crippen LogP contribution in [0.25, 0.3) is 0 Å². The molecule has 5 heteroatoms. The lowest BCUT2D eigenvalue weighted by Crippen LogP contribution is -2.01. The van der Waals surface area contributed by atoms with Gasteiger partial charge in [-0.15, -0.1) is 5.10 Å². The third kappa shape index (κ3) is 2.73. The Morgan fingerprint density at radius 3 is 2.94 bits per heavy atom. The molecule has 1 aromatic heterocycles. The average Bonchev–Trinajstić information content (AvgIpc) is 2.64. The lowest BCUT2D eigenvalue weighted by Gasteiger charge is -2.04. The zero-order valence-electron chi connectivity index (χ0n) is 9.01. The van der Waals surface area contributed by atoms with Gasteiger partial charge in [-0.1, -0.05) is 17.2 Å². The molecular weight excluding hydrogens is 206 g/mol. The molecule has 0 fully saturated rings. The number of hydrogen-bond donors (Lipinski definition) is 1. The highest BCUT2D eigenvalue weighted by atomic mass is 16.5. The maximum Gasteiger partial charge on any atom is 0.312 e. The summed E-state index contributed by atoms with van der Waals surface area (Å²) in [5, 5.41) is 7.30. The zero-order chi connectivity index (χ0) is 11.4. The highest BCUT2D eigenvalue weighted by Crippen LogP contribution is 2.12. The molecule has 2 N–H and O–H groups in total. The summed E-state index contributed by atoms with van der Waals surface area (Å²) >= 11 is 0. The number of benzene rings is 1. The quantitative estimate of drug-likeness (QED) is 0.845. The van der Waals surface area contributed by atoms with Crippen molar-refractivity contribution in [3.8, 4) is 5.75 Å². The first-order chi connectivity index (χ1) is 7.74. The number of nitrogens with two attached hydrogens (primary N) is 1. The van der Waals surface area contributed by atoms with Gasteiger partial charge in [0.1, 0.15) is 5.75 Å². The van der Waals surface area contributed by atoms with Crippen LogP contribution in [0.1, 0.15) is 11.5 Å². The van der Waals surface area contributed by atoms with E-state index in [1.165, 1.54) is 5.56 Å². The molecule has 84 valence electrons. The molecule has 5 nitrogen and oxygen atoms in total. The summed E-state index contributed by atoms with van der Waals surface area (Å²) < 4.78 is 10.6. The summed E-state index contributed by atoms with van der Waals surface area (Å²) in [4.78, 5) is 0. The Morgan fingerprint density at radius 2 is 2.25 bits per heavy atom. The zero-order valence-corrected chi connectivity index (χ0v) is 9.01. The van der Waals surface area contributed by atoms with E-state index in [0.717, 1.165) is 5.75 Å². The fourth-order valence-corrected chi connectivity index (χ4v) is 1.33. The van der Waals surface area contributed by atoms with E-state index in [2.05, 4.69) is 10.2 Å². The lowest BCUT2D eigenvalue weighted by atomic mass is 10.2. The molecule has 0 spiro atoms. The van der Waals surface area contributed by atoms with Gasteiger partial charge in [0.15, 0.2) is 0 Å². The number of rotatable bonds is 4. The molecule has 0 aliphatic carbocycles. The molecule has 0 bridgehead atoms. The van der Waals surface area contributed by atoms with Crippen LogP contribution >= 0.6 is 0 Å². The molecule has 2 rings (SSSR count). The maximum atomic E-state index is 5.53. The van der Waals surface area contributed by atoms with Gasteiger partial charge in [0, 0.05) is 0 Å². The van der Waals surface area contributed by atoms with Crippen molar-refractivity contribution in [2.45, 2.75) is 13.3 Å². The van der Waals surface area contributed by atoms with Crippen molar-refractivity contribution < 1.29 is 9.15 Å². The standard InChI is InChI=1S/C11H13N3O2/c1-8-3-2-4-9(7-8)15-6-5-10-13-14-11(12)16-10/h2-4,7H,5-6H2,1H3,(H2,12,14). The molecule has 0 radical (unpaired) electrons. The van der Waals surface area contributed by atoms with E-state index >= 15 is 0 Å². The predicted molar refractivity (Wildman–Crippen MR) is 59.1 cm³/mol. The van der Waals surface area contributed by atoms with Gasteiger partial charge in [-0.2, -0.15) is 0 Å². The number of anilines is 1. The van der Waals surface area contributed by atoms with E-state index in [0.29, 0.717) is 18.9 Å². The molecule has 2 aromatic rings. The van der Waals surface area contributed by atoms with Crippen LogP contribution in [0.3, 0.4) is 0 Å². The first kappa shape index (κ1) is 10.5. The van der Waals surface area contributed by atoms with Gasteiger partial charge >= 0.3 is 6.01 Å². The summed E-state index contributed by atoms with van der Waals surface area (Å²) in [6, 6.07) is 7.95. The van der Waals surface area contributed by atoms with Gasteiger partial charge in [0.25, 0.3) is 0 Å². The molecule has 0 amide bonds. The third-order valence-corrected chi connectivity index (χ3v) is 2.06. The normalized spacial score (nSPS) is 10.3. The van der Waals surface area contributed by atoms with Crippen LogP contribution in [0.5, 0.6) is 5.75 Å². The van der Waals surface area contributed by atoms with Crippen LogP contribution in [0.15, 0.2) is 28.7 Å². The SMILES string of the molecule is Cc1cccc(OCCc2nnc(N)o2)c1. The van der Waals surface area contributed by atoms with E-state index in [9.17, 15) is 0 Å². The molecule has 16 heavy (non-hydrogen) atoms. The second-order valence-electron chi connectivity index (χ2n) is 3.45. The van der Waals surface area contributed by atoms with E-state index in [1.807, 2.05) is 31.2 Å². The Labute approximate surface area is 93.2 Å². The fourth-order valence-electron chi connectivity index (χ4n) is 1.33. The van der Waals surface area contributed by atoms with Gasteiger partial charge in [0.2, 0.25) is 5.89 Å². The first-order valence-corrected chi connectivity index (χ1v) is 5.01. The van der Waals surface area contributed by atoms with Crippen molar-refractivity contribution in [3.63, 3.8) is 0 Å². The topological polar surface area (TPSA) is 74.2 Å². The van der Waals surface area contributed by atoms with Crippen molar-refractivity contribution in [1.82, 2.24) is 10.2 Å². The van der Waals surface area contributed by atoms with E-state index < -0.39 is 0 Å². The number of nitrogen functional groups attached to an aromatic ring is 1. The van der Waals surface area contributed by atoms with Crippen molar-refractivity contribution in [1.29, 1.82) is 0 Å². The van der Waals surface area contributed by atoms with Crippen molar-refractivity contribution in [2.75, 3.05) is 12.3 Å². The highest BCUT2D eigenvalue weighted by molar-refractivity contribution is 5.27. The summed E-state index contributed by atoms with van der Waals surface area (Å²) in [6.45, 7) is 2.51. The molecule has 0 aliphatic rings. The van der Waals surface area contributed by atoms with E-state index in [4.69, 9.17) is 14.9 Å². The third-order valence-electron chi connectivity index (χ3n) is 2.06. The van der Waals surface area contributed by atoms with Crippen LogP contribution in [-0.2, 0) is 6.42 Å². The number of aryl methyl sites for hydroxylation is 1. The minimum Gasteiger partial charge on any atom is -0.493 e. The molecule has 0 saturated heterocycles. The van der Waals surface area contributed by atoms with Crippen molar-refractivity contribution >= 4 is 6.01 Å². The second kappa shape index (κ2) is 4.65.